The zero-order valence-corrected chi connectivity index (χ0v) is 9.57. The van der Waals surface area contributed by atoms with Crippen molar-refractivity contribution >= 4 is 5.69 Å². The van der Waals surface area contributed by atoms with Gasteiger partial charge in [0.1, 0.15) is 0 Å². The summed E-state index contributed by atoms with van der Waals surface area (Å²) in [5.74, 6) is 5.90. The van der Waals surface area contributed by atoms with E-state index in [1.54, 1.807) is 12.1 Å². The van der Waals surface area contributed by atoms with Gasteiger partial charge in [-0.2, -0.15) is 0 Å². The van der Waals surface area contributed by atoms with Gasteiger partial charge < -0.3 is 9.75 Å². The minimum absolute atomic E-state index is 0.647. The molecule has 0 saturated carbocycles. The van der Waals surface area contributed by atoms with E-state index in [2.05, 4.69) is 19.1 Å². The summed E-state index contributed by atoms with van der Waals surface area (Å²) in [6.45, 7) is 3.54. The quantitative estimate of drug-likeness (QED) is 0.574. The van der Waals surface area contributed by atoms with Crippen molar-refractivity contribution in [1.82, 2.24) is 0 Å². The first-order chi connectivity index (χ1) is 7.27. The van der Waals surface area contributed by atoms with Gasteiger partial charge in [0.2, 0.25) is 0 Å². The van der Waals surface area contributed by atoms with Crippen LogP contribution in [0.2, 0.25) is 0 Å². The fraction of sp³-hybridized carbons (Fsp3) is 0.500. The molecule has 0 bridgehead atoms. The van der Waals surface area contributed by atoms with Crippen LogP contribution in [-0.2, 0) is 11.2 Å². The summed E-state index contributed by atoms with van der Waals surface area (Å²) in [5.41, 5.74) is 2.39. The molecule has 0 atom stereocenters. The van der Waals surface area contributed by atoms with Gasteiger partial charge in [-0.25, -0.2) is 5.84 Å². The maximum atomic E-state index is 5.90. The topological polar surface area (TPSA) is 38.5 Å². The number of aryl methyl sites for hydroxylation is 1. The highest BCUT2D eigenvalue weighted by atomic mass is 16.5. The van der Waals surface area contributed by atoms with E-state index >= 15 is 0 Å². The van der Waals surface area contributed by atoms with Crippen molar-refractivity contribution in [3.8, 4) is 0 Å². The molecule has 84 valence electrons. The number of rotatable bonds is 6. The van der Waals surface area contributed by atoms with Gasteiger partial charge in [-0.05, 0) is 24.1 Å². The summed E-state index contributed by atoms with van der Waals surface area (Å²) in [6, 6.07) is 8.35. The van der Waals surface area contributed by atoms with Gasteiger partial charge in [0.05, 0.1) is 18.8 Å². The van der Waals surface area contributed by atoms with Gasteiger partial charge in [0.15, 0.2) is 0 Å². The summed E-state index contributed by atoms with van der Waals surface area (Å²) in [4.78, 5) is 0. The Morgan fingerprint density at radius 1 is 1.40 bits per heavy atom. The molecule has 15 heavy (non-hydrogen) atoms. The lowest BCUT2D eigenvalue weighted by atomic mass is 10.1. The lowest BCUT2D eigenvalue weighted by Gasteiger charge is -2.18. The number of anilines is 1. The van der Waals surface area contributed by atoms with E-state index in [1.807, 2.05) is 12.1 Å². The Morgan fingerprint density at radius 3 is 2.87 bits per heavy atom. The number of nitrogens with zero attached hydrogens (tertiary/aromatic N) is 1. The number of ether oxygens (including phenoxy) is 1. The van der Waals surface area contributed by atoms with Crippen LogP contribution in [0.5, 0.6) is 0 Å². The van der Waals surface area contributed by atoms with Crippen LogP contribution in [0, 0.1) is 0 Å². The highest BCUT2D eigenvalue weighted by molar-refractivity contribution is 5.47. The third-order valence-corrected chi connectivity index (χ3v) is 2.32. The fourth-order valence-electron chi connectivity index (χ4n) is 1.50. The van der Waals surface area contributed by atoms with Gasteiger partial charge >= 0.3 is 0 Å². The van der Waals surface area contributed by atoms with Crippen LogP contribution in [0.15, 0.2) is 24.3 Å². The monoisotopic (exact) mass is 208 g/mol. The number of hydrogen-bond donors (Lipinski definition) is 1. The first kappa shape index (κ1) is 12.0. The van der Waals surface area contributed by atoms with Crippen molar-refractivity contribution in [1.29, 1.82) is 0 Å². The molecule has 0 aliphatic heterocycles. The van der Waals surface area contributed by atoms with Crippen molar-refractivity contribution in [2.45, 2.75) is 19.8 Å². The van der Waals surface area contributed by atoms with Crippen LogP contribution in [0.4, 0.5) is 5.69 Å². The Kier molecular flexibility index (Phi) is 5.15. The van der Waals surface area contributed by atoms with E-state index in [0.29, 0.717) is 13.2 Å². The molecule has 0 heterocycles. The second kappa shape index (κ2) is 6.43. The summed E-state index contributed by atoms with van der Waals surface area (Å²) < 4.78 is 4.99. The molecule has 0 fully saturated rings. The van der Waals surface area contributed by atoms with Crippen LogP contribution < -0.4 is 10.9 Å². The smallest absolute Gasteiger partial charge is 0.0653 e. The molecule has 0 amide bonds. The van der Waals surface area contributed by atoms with Crippen LogP contribution >= 0.6 is 0 Å². The summed E-state index contributed by atoms with van der Waals surface area (Å²) >= 11 is 0. The second-order valence-corrected chi connectivity index (χ2v) is 3.61. The SMILES string of the molecule is CCCc1cccc(N(N)CCOC)c1. The number of hydrogen-bond acceptors (Lipinski definition) is 3. The average Bonchev–Trinajstić information content (AvgIpc) is 2.27. The Labute approximate surface area is 91.8 Å². The van der Waals surface area contributed by atoms with Gasteiger partial charge in [-0.15, -0.1) is 0 Å². The molecule has 0 aliphatic carbocycles. The molecule has 0 spiro atoms. The largest absolute Gasteiger partial charge is 0.383 e. The number of methoxy groups -OCH3 is 1. The van der Waals surface area contributed by atoms with Crippen molar-refractivity contribution < 1.29 is 4.74 Å². The van der Waals surface area contributed by atoms with E-state index in [4.69, 9.17) is 10.6 Å². The molecular weight excluding hydrogens is 188 g/mol. The zero-order chi connectivity index (χ0) is 11.1. The predicted molar refractivity (Wildman–Crippen MR) is 63.8 cm³/mol. The maximum Gasteiger partial charge on any atom is 0.0653 e. The predicted octanol–water partition coefficient (Wildman–Crippen LogP) is 1.97. The van der Waals surface area contributed by atoms with E-state index in [0.717, 1.165) is 18.5 Å². The Balaban J connectivity index is 2.62. The van der Waals surface area contributed by atoms with E-state index < -0.39 is 0 Å². The molecule has 1 rings (SSSR count). The van der Waals surface area contributed by atoms with E-state index in [-0.39, 0.29) is 0 Å². The zero-order valence-electron chi connectivity index (χ0n) is 9.57. The van der Waals surface area contributed by atoms with E-state index in [9.17, 15) is 0 Å². The lowest BCUT2D eigenvalue weighted by molar-refractivity contribution is 0.205. The standard InChI is InChI=1S/C12H20N2O/c1-3-5-11-6-4-7-12(10-11)14(13)8-9-15-2/h4,6-7,10H,3,5,8-9,13H2,1-2H3. The molecule has 0 aromatic heterocycles. The summed E-state index contributed by atoms with van der Waals surface area (Å²) in [6.07, 6.45) is 2.26. The van der Waals surface area contributed by atoms with Crippen molar-refractivity contribution in [3.05, 3.63) is 29.8 Å². The Bertz CT molecular complexity index is 289. The highest BCUT2D eigenvalue weighted by Gasteiger charge is 2.01. The molecule has 1 aromatic carbocycles. The molecule has 0 saturated heterocycles. The number of benzene rings is 1. The Morgan fingerprint density at radius 2 is 2.20 bits per heavy atom. The van der Waals surface area contributed by atoms with Crippen molar-refractivity contribution in [3.63, 3.8) is 0 Å². The molecule has 3 nitrogen and oxygen atoms in total. The van der Waals surface area contributed by atoms with E-state index in [1.165, 1.54) is 5.56 Å². The van der Waals surface area contributed by atoms with Gasteiger partial charge in [-0.1, -0.05) is 25.5 Å². The normalized spacial score (nSPS) is 10.3. The van der Waals surface area contributed by atoms with Crippen LogP contribution in [0.25, 0.3) is 0 Å². The van der Waals surface area contributed by atoms with Crippen LogP contribution in [-0.4, -0.2) is 20.3 Å². The average molecular weight is 208 g/mol. The molecule has 1 aromatic rings. The number of nitrogens with two attached hydrogens (primary N) is 1. The molecule has 3 heteroatoms. The first-order valence-corrected chi connectivity index (χ1v) is 5.38. The molecule has 0 aliphatic rings. The molecule has 0 radical (unpaired) electrons. The minimum atomic E-state index is 0.647. The van der Waals surface area contributed by atoms with Crippen LogP contribution in [0.3, 0.4) is 0 Å². The van der Waals surface area contributed by atoms with Gasteiger partial charge in [-0.3, -0.25) is 0 Å². The van der Waals surface area contributed by atoms with Crippen LogP contribution in [0.1, 0.15) is 18.9 Å². The lowest BCUT2D eigenvalue weighted by Crippen LogP contribution is -2.33. The third-order valence-electron chi connectivity index (χ3n) is 2.32. The molecular formula is C12H20N2O. The summed E-state index contributed by atoms with van der Waals surface area (Å²) in [7, 11) is 1.68. The third kappa shape index (κ3) is 3.90. The maximum absolute atomic E-state index is 5.90. The number of hydrazine groups is 1. The van der Waals surface area contributed by atoms with Crippen molar-refractivity contribution in [2.24, 2.45) is 5.84 Å². The fourth-order valence-corrected chi connectivity index (χ4v) is 1.50. The van der Waals surface area contributed by atoms with Gasteiger partial charge in [0.25, 0.3) is 0 Å². The highest BCUT2D eigenvalue weighted by Crippen LogP contribution is 2.14. The Hall–Kier alpha value is -1.06. The molecule has 2 N–H and O–H groups in total. The van der Waals surface area contributed by atoms with Crippen molar-refractivity contribution in [2.75, 3.05) is 25.3 Å². The minimum Gasteiger partial charge on any atom is -0.383 e. The molecule has 0 unspecified atom stereocenters. The van der Waals surface area contributed by atoms with Gasteiger partial charge in [0, 0.05) is 7.11 Å². The summed E-state index contributed by atoms with van der Waals surface area (Å²) in [5, 5.41) is 1.72. The first-order valence-electron chi connectivity index (χ1n) is 5.38. The second-order valence-electron chi connectivity index (χ2n) is 3.61.